The van der Waals surface area contributed by atoms with Crippen LogP contribution < -0.4 is 9.80 Å². The molecule has 0 N–H and O–H groups in total. The molecular formula is C56H32N6. The van der Waals surface area contributed by atoms with E-state index in [1.54, 1.807) is 119 Å². The Labute approximate surface area is 375 Å². The molecule has 0 aliphatic heterocycles. The van der Waals surface area contributed by atoms with E-state index in [2.05, 4.69) is 10.9 Å². The molecule has 0 bridgehead atoms. The number of benzene rings is 9. The van der Waals surface area contributed by atoms with Crippen molar-refractivity contribution in [1.29, 1.82) is 5.26 Å². The van der Waals surface area contributed by atoms with Crippen molar-refractivity contribution in [3.05, 3.63) is 211 Å². The highest BCUT2D eigenvalue weighted by atomic mass is 15.2. The van der Waals surface area contributed by atoms with Crippen LogP contribution in [0.5, 0.6) is 0 Å². The van der Waals surface area contributed by atoms with Gasteiger partial charge in [-0.05, 0) is 78.7 Å². The third kappa shape index (κ3) is 4.50. The van der Waals surface area contributed by atoms with Gasteiger partial charge in [-0.1, -0.05) is 115 Å². The minimum absolute atomic E-state index is 0.0241. The number of aromatic nitrogens is 2. The number of para-hydroxylation sites is 7. The second-order valence-electron chi connectivity index (χ2n) is 14.8. The summed E-state index contributed by atoms with van der Waals surface area (Å²) in [5, 5.41) is 10.1. The molecule has 62 heavy (non-hydrogen) atoms. The summed E-state index contributed by atoms with van der Waals surface area (Å²) < 4.78 is 138. The van der Waals surface area contributed by atoms with Gasteiger partial charge in [0.15, 0.2) is 0 Å². The summed E-state index contributed by atoms with van der Waals surface area (Å²) >= 11 is 0. The maximum atomic E-state index is 10.4. The molecule has 0 unspecified atom stereocenters. The number of nitrogens with zero attached hydrogens (tertiary/aromatic N) is 6. The number of hydrogen-bond acceptors (Lipinski definition) is 3. The van der Waals surface area contributed by atoms with Crippen LogP contribution in [0.15, 0.2) is 194 Å². The Morgan fingerprint density at radius 2 is 0.919 bits per heavy atom. The van der Waals surface area contributed by atoms with Crippen LogP contribution in [0.1, 0.15) is 24.8 Å². The molecule has 0 atom stereocenters. The molecule has 0 fully saturated rings. The van der Waals surface area contributed by atoms with Gasteiger partial charge in [0.05, 0.1) is 87.2 Å². The lowest BCUT2D eigenvalue weighted by Gasteiger charge is -2.27. The van der Waals surface area contributed by atoms with Gasteiger partial charge in [-0.3, -0.25) is 0 Å². The summed E-state index contributed by atoms with van der Waals surface area (Å²) in [4.78, 5) is 6.95. The van der Waals surface area contributed by atoms with E-state index >= 15 is 0 Å². The lowest BCUT2D eigenvalue weighted by atomic mass is 10.0. The molecule has 286 valence electrons. The van der Waals surface area contributed by atoms with Gasteiger partial charge in [0, 0.05) is 54.5 Å². The smallest absolute Gasteiger partial charge is 0.210 e. The molecule has 6 heteroatoms. The molecule has 13 rings (SSSR count). The molecular weight excluding hydrogens is 757 g/mol. The first-order chi connectivity index (χ1) is 36.6. The number of nitriles is 1. The fourth-order valence-electron chi connectivity index (χ4n) is 9.18. The second-order valence-corrected chi connectivity index (χ2v) is 14.8. The maximum absolute atomic E-state index is 10.4. The van der Waals surface area contributed by atoms with Crippen molar-refractivity contribution in [1.82, 2.24) is 8.80 Å². The minimum atomic E-state index is -0.590. The molecule has 0 aliphatic rings. The van der Waals surface area contributed by atoms with E-state index in [1.807, 2.05) is 0 Å². The molecule has 13 aromatic rings. The molecule has 0 amide bonds. The summed E-state index contributed by atoms with van der Waals surface area (Å²) in [6, 6.07) is 25.9. The largest absolute Gasteiger partial charge is 0.320 e. The van der Waals surface area contributed by atoms with Gasteiger partial charge in [-0.2, -0.15) is 5.26 Å². The van der Waals surface area contributed by atoms with Crippen molar-refractivity contribution >= 4 is 116 Å². The van der Waals surface area contributed by atoms with E-state index in [-0.39, 0.29) is 98.8 Å². The summed E-state index contributed by atoms with van der Waals surface area (Å²) in [5.74, 6) is 0. The van der Waals surface area contributed by atoms with Crippen LogP contribution in [0.2, 0.25) is 0 Å². The van der Waals surface area contributed by atoms with Crippen LogP contribution in [0.4, 0.5) is 39.8 Å². The van der Waals surface area contributed by atoms with E-state index in [4.69, 9.17) is 6.57 Å². The first kappa shape index (κ1) is 23.1. The topological polar surface area (TPSA) is 43.5 Å². The Morgan fingerprint density at radius 1 is 0.468 bits per heavy atom. The SMILES string of the molecule is [2H]c1c([2H])c([2H])c2c(c1N(c1ccccc1)c1ccccc1C#N)c1c([2H])c([2H])c([2H])c3c4c([2H])c5c(c([2H])c4n2c13)c1c([2H])c([2H])c([2H])c2c3c(N(c4ccccc4)c4ccccc4[N+]#[C-])c([2H])c([2H])c([2H])c3n5c21. The van der Waals surface area contributed by atoms with Crippen molar-refractivity contribution in [2.24, 2.45) is 0 Å². The van der Waals surface area contributed by atoms with Crippen molar-refractivity contribution < 1.29 is 19.2 Å². The quantitative estimate of drug-likeness (QED) is 0.157. The minimum Gasteiger partial charge on any atom is -0.320 e. The maximum Gasteiger partial charge on any atom is 0.210 e. The highest BCUT2D eigenvalue weighted by Crippen LogP contribution is 2.50. The zero-order valence-electron chi connectivity index (χ0n) is 46.1. The normalized spacial score (nSPS) is 15.0. The van der Waals surface area contributed by atoms with Crippen LogP contribution in [0, 0.1) is 17.9 Å². The zero-order valence-corrected chi connectivity index (χ0v) is 32.1. The fourth-order valence-corrected chi connectivity index (χ4v) is 9.18. The van der Waals surface area contributed by atoms with Crippen molar-refractivity contribution in [2.45, 2.75) is 0 Å². The lowest BCUT2D eigenvalue weighted by molar-refractivity contribution is 1.28. The Bertz CT molecular complexity index is 4540. The standard InChI is InChI=1S/C56H32N6/c1-58-44-25-9-11-27-46(44)60(37-19-6-3-7-20-37)48-29-15-31-50-54(48)41-24-13-22-39-43-32-51-42(33-52(43)62(50)56(39)41)38-21-12-23-40-53-47(28-14-30-49(53)61(51)55(38)40)59(36-17-4-2-5-18-36)45-26-10-8-16-35(45)34-57/h2-33H/i12D,13D,14D,15D,21D,22D,23D,24D,28D,29D,30D,31D,32D,33D. The van der Waals surface area contributed by atoms with Crippen molar-refractivity contribution in [2.75, 3.05) is 9.80 Å². The Balaban J connectivity index is 1.28. The first-order valence-corrected chi connectivity index (χ1v) is 19.6. The van der Waals surface area contributed by atoms with Crippen LogP contribution in [0.3, 0.4) is 0 Å². The summed E-state index contributed by atoms with van der Waals surface area (Å²) in [7, 11) is 0. The molecule has 6 nitrogen and oxygen atoms in total. The lowest BCUT2D eigenvalue weighted by Crippen LogP contribution is -2.11. The van der Waals surface area contributed by atoms with Gasteiger partial charge in [-0.25, -0.2) is 4.85 Å². The molecule has 4 aromatic heterocycles. The number of anilines is 6. The predicted molar refractivity (Wildman–Crippen MR) is 256 cm³/mol. The van der Waals surface area contributed by atoms with E-state index in [1.165, 1.54) is 8.80 Å². The molecule has 9 aromatic carbocycles. The van der Waals surface area contributed by atoms with E-state index < -0.39 is 84.6 Å². The van der Waals surface area contributed by atoms with Gasteiger partial charge in [0.25, 0.3) is 0 Å². The van der Waals surface area contributed by atoms with E-state index in [0.29, 0.717) is 22.7 Å². The molecule has 0 saturated carbocycles. The second kappa shape index (κ2) is 12.8. The molecule has 0 saturated heterocycles. The van der Waals surface area contributed by atoms with Crippen LogP contribution in [-0.4, -0.2) is 8.80 Å². The van der Waals surface area contributed by atoms with Gasteiger partial charge in [0.2, 0.25) is 5.69 Å². The van der Waals surface area contributed by atoms with Gasteiger partial charge >= 0.3 is 0 Å². The average Bonchev–Trinajstić information content (AvgIpc) is 4.36. The zero-order chi connectivity index (χ0) is 53.2. The molecule has 0 spiro atoms. The van der Waals surface area contributed by atoms with Crippen LogP contribution >= 0.6 is 0 Å². The van der Waals surface area contributed by atoms with Crippen molar-refractivity contribution in [3.8, 4) is 6.07 Å². The van der Waals surface area contributed by atoms with Gasteiger partial charge < -0.3 is 18.6 Å². The van der Waals surface area contributed by atoms with Gasteiger partial charge in [0.1, 0.15) is 6.07 Å². The molecule has 0 radical (unpaired) electrons. The third-order valence-electron chi connectivity index (χ3n) is 11.7. The summed E-state index contributed by atoms with van der Waals surface area (Å²) in [6.45, 7) is 8.14. The molecule has 4 heterocycles. The monoisotopic (exact) mass is 802 g/mol. The van der Waals surface area contributed by atoms with Crippen LogP contribution in [0.25, 0.3) is 81.0 Å². The van der Waals surface area contributed by atoms with E-state index in [9.17, 15) is 24.5 Å². The third-order valence-corrected chi connectivity index (χ3v) is 11.7. The average molecular weight is 803 g/mol. The van der Waals surface area contributed by atoms with Crippen LogP contribution in [-0.2, 0) is 0 Å². The Kier molecular flexibility index (Phi) is 4.78. The fraction of sp³-hybridized carbons (Fsp3) is 0. The number of fused-ring (bicyclic) bond motifs is 12. The predicted octanol–water partition coefficient (Wildman–Crippen LogP) is 15.3. The highest BCUT2D eigenvalue weighted by molar-refractivity contribution is 6.31. The van der Waals surface area contributed by atoms with Crippen molar-refractivity contribution in [3.63, 3.8) is 0 Å². The Morgan fingerprint density at radius 3 is 1.45 bits per heavy atom. The number of hydrogen-bond donors (Lipinski definition) is 0. The molecule has 0 aliphatic carbocycles. The summed E-state index contributed by atoms with van der Waals surface area (Å²) in [6.07, 6.45) is 0. The first-order valence-electron chi connectivity index (χ1n) is 26.6. The summed E-state index contributed by atoms with van der Waals surface area (Å²) in [5.41, 5.74) is 1.43. The van der Waals surface area contributed by atoms with Gasteiger partial charge in [-0.15, -0.1) is 0 Å². The number of rotatable bonds is 6. The van der Waals surface area contributed by atoms with E-state index in [0.717, 1.165) is 0 Å². The Hall–Kier alpha value is -8.84. The highest BCUT2D eigenvalue weighted by Gasteiger charge is 2.27.